The summed E-state index contributed by atoms with van der Waals surface area (Å²) in [6.07, 6.45) is 7.47. The zero-order valence-electron chi connectivity index (χ0n) is 9.69. The van der Waals surface area contributed by atoms with Crippen molar-refractivity contribution in [2.75, 3.05) is 0 Å². The zero-order chi connectivity index (χ0) is 11.4. The lowest BCUT2D eigenvalue weighted by Gasteiger charge is -2.26. The Morgan fingerprint density at radius 1 is 1.25 bits per heavy atom. The molecule has 0 aliphatic heterocycles. The van der Waals surface area contributed by atoms with Crippen molar-refractivity contribution in [1.82, 2.24) is 15.3 Å². The highest BCUT2D eigenvalue weighted by molar-refractivity contribution is 5.00. The first-order valence-corrected chi connectivity index (χ1v) is 5.93. The Morgan fingerprint density at radius 2 is 2.00 bits per heavy atom. The zero-order valence-corrected chi connectivity index (χ0v) is 9.69. The van der Waals surface area contributed by atoms with Crippen LogP contribution in [0.2, 0.25) is 0 Å². The predicted octanol–water partition coefficient (Wildman–Crippen LogP) is 1.18. The maximum Gasteiger partial charge on any atom is 0.0724 e. The molecular weight excluding hydrogens is 202 g/mol. The lowest BCUT2D eigenvalue weighted by atomic mass is 9.93. The van der Waals surface area contributed by atoms with Crippen LogP contribution in [0.15, 0.2) is 12.4 Å². The molecular formula is C12H19N3O. The smallest absolute Gasteiger partial charge is 0.0724 e. The van der Waals surface area contributed by atoms with E-state index >= 15 is 0 Å². The number of aromatic nitrogens is 2. The van der Waals surface area contributed by atoms with Gasteiger partial charge in [-0.3, -0.25) is 9.97 Å². The molecule has 0 bridgehead atoms. The van der Waals surface area contributed by atoms with E-state index in [9.17, 15) is 5.11 Å². The van der Waals surface area contributed by atoms with E-state index in [4.69, 9.17) is 0 Å². The lowest BCUT2D eigenvalue weighted by molar-refractivity contribution is 0.116. The second kappa shape index (κ2) is 5.37. The van der Waals surface area contributed by atoms with Gasteiger partial charge >= 0.3 is 0 Å². The minimum absolute atomic E-state index is 0.0859. The SMILES string of the molecule is Cc1cnc(CNC2CCC(O)CC2)cn1. The van der Waals surface area contributed by atoms with Crippen LogP contribution >= 0.6 is 0 Å². The van der Waals surface area contributed by atoms with Gasteiger partial charge in [-0.25, -0.2) is 0 Å². The third-order valence-corrected chi connectivity index (χ3v) is 3.10. The molecule has 0 unspecified atom stereocenters. The van der Waals surface area contributed by atoms with E-state index in [1.807, 2.05) is 13.1 Å². The van der Waals surface area contributed by atoms with Crippen molar-refractivity contribution >= 4 is 0 Å². The van der Waals surface area contributed by atoms with Crippen LogP contribution in [-0.4, -0.2) is 27.2 Å². The molecule has 16 heavy (non-hydrogen) atoms. The molecule has 1 aliphatic rings. The van der Waals surface area contributed by atoms with E-state index in [2.05, 4.69) is 15.3 Å². The second-order valence-corrected chi connectivity index (χ2v) is 4.54. The fraction of sp³-hybridized carbons (Fsp3) is 0.667. The van der Waals surface area contributed by atoms with Crippen molar-refractivity contribution < 1.29 is 5.11 Å². The summed E-state index contributed by atoms with van der Waals surface area (Å²) in [5.74, 6) is 0. The molecule has 4 heteroatoms. The molecule has 1 heterocycles. The summed E-state index contributed by atoms with van der Waals surface area (Å²) in [5, 5.41) is 12.9. The Hall–Kier alpha value is -1.00. The van der Waals surface area contributed by atoms with E-state index in [1.54, 1.807) is 6.20 Å². The number of hydrogen-bond donors (Lipinski definition) is 2. The largest absolute Gasteiger partial charge is 0.393 e. The van der Waals surface area contributed by atoms with E-state index in [1.165, 1.54) is 0 Å². The van der Waals surface area contributed by atoms with E-state index in [-0.39, 0.29) is 6.10 Å². The van der Waals surface area contributed by atoms with Gasteiger partial charge in [-0.05, 0) is 32.6 Å². The van der Waals surface area contributed by atoms with Crippen molar-refractivity contribution in [2.45, 2.75) is 51.3 Å². The summed E-state index contributed by atoms with van der Waals surface area (Å²) in [5.41, 5.74) is 1.93. The Bertz CT molecular complexity index is 318. The van der Waals surface area contributed by atoms with Crippen LogP contribution in [0.3, 0.4) is 0 Å². The Kier molecular flexibility index (Phi) is 3.85. The van der Waals surface area contributed by atoms with Gasteiger partial charge in [0.15, 0.2) is 0 Å². The minimum atomic E-state index is -0.0859. The summed E-state index contributed by atoms with van der Waals surface area (Å²) >= 11 is 0. The number of nitrogens with zero attached hydrogens (tertiary/aromatic N) is 2. The van der Waals surface area contributed by atoms with E-state index < -0.39 is 0 Å². The first-order valence-electron chi connectivity index (χ1n) is 5.93. The van der Waals surface area contributed by atoms with Gasteiger partial charge < -0.3 is 10.4 Å². The summed E-state index contributed by atoms with van der Waals surface area (Å²) in [4.78, 5) is 8.52. The fourth-order valence-electron chi connectivity index (χ4n) is 2.04. The Morgan fingerprint density at radius 3 is 2.62 bits per heavy atom. The van der Waals surface area contributed by atoms with Gasteiger partial charge in [0.1, 0.15) is 0 Å². The van der Waals surface area contributed by atoms with Crippen LogP contribution in [-0.2, 0) is 6.54 Å². The summed E-state index contributed by atoms with van der Waals surface area (Å²) < 4.78 is 0. The van der Waals surface area contributed by atoms with Crippen LogP contribution < -0.4 is 5.32 Å². The number of rotatable bonds is 3. The van der Waals surface area contributed by atoms with Crippen LogP contribution in [0.25, 0.3) is 0 Å². The monoisotopic (exact) mass is 221 g/mol. The predicted molar refractivity (Wildman–Crippen MR) is 61.9 cm³/mol. The molecule has 0 spiro atoms. The van der Waals surface area contributed by atoms with Crippen molar-refractivity contribution in [3.05, 3.63) is 23.8 Å². The molecule has 2 rings (SSSR count). The van der Waals surface area contributed by atoms with Gasteiger partial charge in [-0.2, -0.15) is 0 Å². The van der Waals surface area contributed by atoms with Crippen molar-refractivity contribution in [3.63, 3.8) is 0 Å². The summed E-state index contributed by atoms with van der Waals surface area (Å²) in [6.45, 7) is 2.71. The van der Waals surface area contributed by atoms with Crippen LogP contribution in [0.4, 0.5) is 0 Å². The Balaban J connectivity index is 1.77. The first kappa shape index (κ1) is 11.5. The van der Waals surface area contributed by atoms with Crippen LogP contribution in [0.5, 0.6) is 0 Å². The van der Waals surface area contributed by atoms with Gasteiger partial charge in [0.25, 0.3) is 0 Å². The number of aliphatic hydroxyl groups is 1. The number of hydrogen-bond acceptors (Lipinski definition) is 4. The standard InChI is InChI=1S/C12H19N3O/c1-9-6-14-11(7-13-9)8-15-10-2-4-12(16)5-3-10/h6-7,10,12,15-16H,2-5,8H2,1H3. The molecule has 0 atom stereocenters. The molecule has 4 nitrogen and oxygen atoms in total. The molecule has 88 valence electrons. The number of nitrogens with one attached hydrogen (secondary N) is 1. The Labute approximate surface area is 96.1 Å². The number of aliphatic hydroxyl groups excluding tert-OH is 1. The van der Waals surface area contributed by atoms with Crippen molar-refractivity contribution in [1.29, 1.82) is 0 Å². The van der Waals surface area contributed by atoms with Gasteiger partial charge in [0.05, 0.1) is 17.5 Å². The molecule has 1 aromatic heterocycles. The maximum absolute atomic E-state index is 9.39. The highest BCUT2D eigenvalue weighted by Gasteiger charge is 2.18. The normalized spacial score (nSPS) is 25.6. The lowest BCUT2D eigenvalue weighted by Crippen LogP contribution is -2.34. The first-order chi connectivity index (χ1) is 7.74. The molecule has 0 aromatic carbocycles. The molecule has 1 saturated carbocycles. The molecule has 2 N–H and O–H groups in total. The fourth-order valence-corrected chi connectivity index (χ4v) is 2.04. The molecule has 0 radical (unpaired) electrons. The molecule has 1 aromatic rings. The van der Waals surface area contributed by atoms with Crippen molar-refractivity contribution in [3.8, 4) is 0 Å². The summed E-state index contributed by atoms with van der Waals surface area (Å²) in [7, 11) is 0. The van der Waals surface area contributed by atoms with E-state index in [0.717, 1.165) is 43.6 Å². The maximum atomic E-state index is 9.39. The van der Waals surface area contributed by atoms with Gasteiger partial charge in [0, 0.05) is 25.0 Å². The van der Waals surface area contributed by atoms with Crippen molar-refractivity contribution in [2.24, 2.45) is 0 Å². The minimum Gasteiger partial charge on any atom is -0.393 e. The molecule has 1 aliphatic carbocycles. The topological polar surface area (TPSA) is 58.0 Å². The highest BCUT2D eigenvalue weighted by Crippen LogP contribution is 2.18. The highest BCUT2D eigenvalue weighted by atomic mass is 16.3. The average Bonchev–Trinajstić information content (AvgIpc) is 2.30. The third kappa shape index (κ3) is 3.25. The van der Waals surface area contributed by atoms with Gasteiger partial charge in [-0.1, -0.05) is 0 Å². The quantitative estimate of drug-likeness (QED) is 0.804. The van der Waals surface area contributed by atoms with Crippen LogP contribution in [0, 0.1) is 6.92 Å². The molecule has 1 fully saturated rings. The van der Waals surface area contributed by atoms with Gasteiger partial charge in [-0.15, -0.1) is 0 Å². The molecule has 0 amide bonds. The molecule has 0 saturated heterocycles. The number of aryl methyl sites for hydroxylation is 1. The van der Waals surface area contributed by atoms with Gasteiger partial charge in [0.2, 0.25) is 0 Å². The van der Waals surface area contributed by atoms with Crippen LogP contribution in [0.1, 0.15) is 37.1 Å². The average molecular weight is 221 g/mol. The second-order valence-electron chi connectivity index (χ2n) is 4.54. The third-order valence-electron chi connectivity index (χ3n) is 3.10. The van der Waals surface area contributed by atoms with E-state index in [0.29, 0.717) is 6.04 Å². The summed E-state index contributed by atoms with van der Waals surface area (Å²) in [6, 6.07) is 0.520.